The highest BCUT2D eigenvalue weighted by Gasteiger charge is 2.45. The maximum absolute atomic E-state index is 15.7. The van der Waals surface area contributed by atoms with Crippen LogP contribution in [-0.4, -0.2) is 125 Å². The van der Waals surface area contributed by atoms with Gasteiger partial charge in [-0.05, 0) is 80.0 Å². The first-order valence-corrected chi connectivity index (χ1v) is 26.9. The second-order valence-corrected chi connectivity index (χ2v) is 22.7. The van der Waals surface area contributed by atoms with Gasteiger partial charge in [-0.25, -0.2) is 9.37 Å². The number of benzene rings is 4. The average molecular weight is 1010 g/mol. The first-order chi connectivity index (χ1) is 34.6. The number of anilines is 6. The molecule has 0 saturated carbocycles. The molecule has 4 aliphatic heterocycles. The molecule has 20 heteroatoms. The zero-order chi connectivity index (χ0) is 50.4. The molecule has 6 heterocycles. The number of halogens is 2. The van der Waals surface area contributed by atoms with E-state index in [9.17, 15) is 23.7 Å². The van der Waals surface area contributed by atoms with Crippen molar-refractivity contribution in [2.75, 3.05) is 86.7 Å². The third-order valence-electron chi connectivity index (χ3n) is 14.0. The fraction of sp³-hybridized carbons (Fsp3) is 0.327. The number of carbonyl (C=O) groups is 4. The molecule has 2 aromatic heterocycles. The van der Waals surface area contributed by atoms with Gasteiger partial charge < -0.3 is 29.7 Å². The Bertz CT molecular complexity index is 3170. The number of ether oxygens (including phenoxy) is 1. The Morgan fingerprint density at radius 2 is 1.51 bits per heavy atom. The monoisotopic (exact) mass is 1010 g/mol. The second kappa shape index (κ2) is 19.8. The minimum absolute atomic E-state index is 0.00538. The molecule has 1 unspecified atom stereocenters. The number of nitrogens with zero attached hydrogens (tertiary/aromatic N) is 8. The zero-order valence-corrected chi connectivity index (χ0v) is 42.0. The fourth-order valence-corrected chi connectivity index (χ4v) is 11.5. The van der Waals surface area contributed by atoms with Gasteiger partial charge in [-0.15, -0.1) is 0 Å². The second-order valence-electron chi connectivity index (χ2n) is 19.1. The average Bonchev–Trinajstić information content (AvgIpc) is 3.91. The predicted molar refractivity (Wildman–Crippen MR) is 276 cm³/mol. The summed E-state index contributed by atoms with van der Waals surface area (Å²) in [5, 5.41) is 14.3. The molecule has 3 saturated heterocycles. The van der Waals surface area contributed by atoms with Gasteiger partial charge in [0.2, 0.25) is 17.8 Å². The molecular weight excluding hydrogens is 960 g/mol. The largest absolute Gasteiger partial charge is 0.494 e. The number of hydrogen-bond donors (Lipinski definition) is 3. The Morgan fingerprint density at radius 1 is 0.792 bits per heavy atom. The van der Waals surface area contributed by atoms with Crippen molar-refractivity contribution < 1.29 is 32.9 Å². The lowest BCUT2D eigenvalue weighted by Crippen LogP contribution is -2.54. The van der Waals surface area contributed by atoms with Crippen LogP contribution in [0.4, 0.5) is 38.9 Å². The van der Waals surface area contributed by atoms with Crippen molar-refractivity contribution in [3.8, 4) is 28.0 Å². The van der Waals surface area contributed by atoms with Crippen LogP contribution in [0.3, 0.4) is 0 Å². The highest BCUT2D eigenvalue weighted by molar-refractivity contribution is 7.70. The highest BCUT2D eigenvalue weighted by Crippen LogP contribution is 2.43. The molecule has 0 aliphatic carbocycles. The van der Waals surface area contributed by atoms with Crippen LogP contribution in [0.5, 0.6) is 5.75 Å². The van der Waals surface area contributed by atoms with Gasteiger partial charge in [0.25, 0.3) is 11.8 Å². The molecule has 4 amide bonds. The molecule has 17 nitrogen and oxygen atoms in total. The molecule has 3 fully saturated rings. The summed E-state index contributed by atoms with van der Waals surface area (Å²) in [7, 11) is 0.754. The molecule has 372 valence electrons. The van der Waals surface area contributed by atoms with Gasteiger partial charge in [0, 0.05) is 93.7 Å². The summed E-state index contributed by atoms with van der Waals surface area (Å²) >= 11 is 6.69. The Labute approximate surface area is 421 Å². The van der Waals surface area contributed by atoms with E-state index >= 15 is 4.39 Å². The van der Waals surface area contributed by atoms with Gasteiger partial charge in [-0.1, -0.05) is 48.0 Å². The van der Waals surface area contributed by atoms with E-state index in [0.717, 1.165) is 71.4 Å². The Hall–Kier alpha value is -7.14. The summed E-state index contributed by atoms with van der Waals surface area (Å²) in [6.45, 7) is 8.44. The summed E-state index contributed by atoms with van der Waals surface area (Å²) in [4.78, 5) is 67.8. The number of aryl methyl sites for hydroxylation is 1. The zero-order valence-electron chi connectivity index (χ0n) is 40.3. The number of rotatable bonds is 13. The number of hydrogen-bond acceptors (Lipinski definition) is 14. The Balaban J connectivity index is 0.802. The van der Waals surface area contributed by atoms with Crippen molar-refractivity contribution in [3.05, 3.63) is 113 Å². The van der Waals surface area contributed by atoms with Crippen LogP contribution in [0.25, 0.3) is 22.3 Å². The number of methoxy groups -OCH3 is 1. The quantitative estimate of drug-likeness (QED) is 0.0762. The highest BCUT2D eigenvalue weighted by atomic mass is 35.5. The molecule has 4 aliphatic rings. The summed E-state index contributed by atoms with van der Waals surface area (Å²) in [5.74, 6) is -1.53. The Morgan fingerprint density at radius 3 is 2.19 bits per heavy atom. The first kappa shape index (κ1) is 48.5. The van der Waals surface area contributed by atoms with Crippen molar-refractivity contribution in [3.63, 3.8) is 0 Å². The molecule has 3 N–H and O–H groups in total. The van der Waals surface area contributed by atoms with E-state index in [1.54, 1.807) is 25.1 Å². The minimum atomic E-state index is -2.76. The van der Waals surface area contributed by atoms with E-state index in [1.807, 2.05) is 85.0 Å². The lowest BCUT2D eigenvalue weighted by molar-refractivity contribution is -0.136. The lowest BCUT2D eigenvalue weighted by Gasteiger charge is -2.40. The normalized spacial score (nSPS) is 17.9. The SMILES string of the molecule is COc1cc(N2CCC(CN3CCN(c4cc5c(cc4F)C(=O)N(C4CCC(=O)NC4=O)C5=O)CC3)CC2)c(-c2cnn(C)c2)cc1Nc1ncc(Cl)c(Nc2ccc(-c3ccccc3)cc2P(C)(C)=O)n1. The van der Waals surface area contributed by atoms with E-state index < -0.39 is 42.6 Å². The topological polar surface area (TPSA) is 187 Å². The van der Waals surface area contributed by atoms with E-state index in [-0.39, 0.29) is 40.6 Å². The van der Waals surface area contributed by atoms with E-state index in [0.29, 0.717) is 60.3 Å². The number of imide groups is 2. The van der Waals surface area contributed by atoms with Crippen LogP contribution >= 0.6 is 18.7 Å². The van der Waals surface area contributed by atoms with E-state index in [4.69, 9.17) is 21.3 Å². The first-order valence-electron chi connectivity index (χ1n) is 23.9. The van der Waals surface area contributed by atoms with Gasteiger partial charge >= 0.3 is 0 Å². The van der Waals surface area contributed by atoms with Gasteiger partial charge in [-0.3, -0.25) is 39.0 Å². The molecule has 0 spiro atoms. The van der Waals surface area contributed by atoms with Gasteiger partial charge in [0.05, 0.1) is 47.7 Å². The summed E-state index contributed by atoms with van der Waals surface area (Å²) in [6, 6.07) is 21.2. The molecule has 4 aromatic carbocycles. The molecule has 0 radical (unpaired) electrons. The maximum atomic E-state index is 15.7. The number of piperazine rings is 1. The minimum Gasteiger partial charge on any atom is -0.494 e. The fourth-order valence-electron chi connectivity index (χ4n) is 10.2. The molecule has 72 heavy (non-hydrogen) atoms. The van der Waals surface area contributed by atoms with E-state index in [2.05, 4.69) is 35.8 Å². The third-order valence-corrected chi connectivity index (χ3v) is 15.8. The van der Waals surface area contributed by atoms with Crippen molar-refractivity contribution in [2.24, 2.45) is 13.0 Å². The Kier molecular flexibility index (Phi) is 13.3. The van der Waals surface area contributed by atoms with E-state index in [1.165, 1.54) is 12.3 Å². The van der Waals surface area contributed by atoms with Crippen LogP contribution in [0.15, 0.2) is 91.4 Å². The maximum Gasteiger partial charge on any atom is 0.262 e. The summed E-state index contributed by atoms with van der Waals surface area (Å²) < 4.78 is 37.1. The van der Waals surface area contributed by atoms with Gasteiger partial charge in [0.1, 0.15) is 29.8 Å². The molecular formula is C52H54ClFN11O6P. The third kappa shape index (κ3) is 9.78. The number of nitrogens with one attached hydrogen (secondary N) is 3. The number of fused-ring (bicyclic) bond motifs is 1. The van der Waals surface area contributed by atoms with Crippen LogP contribution in [0.2, 0.25) is 5.02 Å². The van der Waals surface area contributed by atoms with Gasteiger partial charge in [0.15, 0.2) is 5.82 Å². The number of carbonyl (C=O) groups excluding carboxylic acids is 4. The van der Waals surface area contributed by atoms with Crippen molar-refractivity contribution in [2.45, 2.75) is 31.7 Å². The molecule has 1 atom stereocenters. The molecule has 10 rings (SSSR count). The number of piperidine rings is 2. The van der Waals surface area contributed by atoms with Gasteiger partial charge in [-0.2, -0.15) is 10.1 Å². The van der Waals surface area contributed by atoms with Crippen LogP contribution in [-0.2, 0) is 21.2 Å². The van der Waals surface area contributed by atoms with Crippen LogP contribution < -0.4 is 35.8 Å². The van der Waals surface area contributed by atoms with Crippen molar-refractivity contribution in [1.29, 1.82) is 0 Å². The summed E-state index contributed by atoms with van der Waals surface area (Å²) in [6.07, 6.45) is 7.27. The van der Waals surface area contributed by atoms with Crippen LogP contribution in [0.1, 0.15) is 46.4 Å². The van der Waals surface area contributed by atoms with Crippen molar-refractivity contribution in [1.82, 2.24) is 34.9 Å². The smallest absolute Gasteiger partial charge is 0.262 e. The van der Waals surface area contributed by atoms with Crippen molar-refractivity contribution >= 4 is 82.2 Å². The molecule has 6 aromatic rings. The molecule has 0 bridgehead atoms. The lowest BCUT2D eigenvalue weighted by atomic mass is 9.94. The summed E-state index contributed by atoms with van der Waals surface area (Å²) in [5.41, 5.74) is 6.35. The predicted octanol–water partition coefficient (Wildman–Crippen LogP) is 7.52. The number of amides is 4. The van der Waals surface area contributed by atoms with Crippen LogP contribution in [0, 0.1) is 11.7 Å². The number of aromatic nitrogens is 4. The standard InChI is InChI=1S/C52H54ClFN11O6P/c1-61-30-34(27-56-61)35-24-41(58-52-55-28-38(53)48(60-52)57-40-11-10-33(22-46(40)72(3,4)70)32-8-6-5-7-9-32)45(71-2)26-43(35)63-16-14-31(15-17-63)29-62-18-20-64(21-19-62)44-25-37-36(23-39(44)54)50(68)65(51(37)69)42-12-13-47(66)59-49(42)67/h5-11,22-28,30-31,42H,12-21,29H2,1-4H3,(H,59,66,67)(H2,55,57,58,60).